The Balaban J connectivity index is 3.15. The zero-order valence-electron chi connectivity index (χ0n) is 11.9. The molecule has 0 atom stereocenters. The van der Waals surface area contributed by atoms with Crippen molar-refractivity contribution in [1.82, 2.24) is 4.72 Å². The molecule has 0 saturated carbocycles. The molecule has 0 spiro atoms. The Bertz CT molecular complexity index is 586. The van der Waals surface area contributed by atoms with Crippen molar-refractivity contribution in [2.75, 3.05) is 12.4 Å². The number of anilines is 1. The summed E-state index contributed by atoms with van der Waals surface area (Å²) in [7, 11) is -2.17. The molecule has 0 heterocycles. The normalized spacial score (nSPS) is 12.3. The quantitative estimate of drug-likeness (QED) is 0.890. The number of hydrogen-bond donors (Lipinski definition) is 2. The molecular weight excluding hydrogens is 264 g/mol. The molecule has 0 saturated heterocycles. The van der Waals surface area contributed by atoms with E-state index in [9.17, 15) is 13.2 Å². The second kappa shape index (κ2) is 5.30. The minimum atomic E-state index is -3.52. The number of nitrogens with one attached hydrogen (secondary N) is 2. The van der Waals surface area contributed by atoms with Crippen LogP contribution in [-0.2, 0) is 14.8 Å². The molecule has 1 aromatic rings. The number of amides is 1. The molecule has 0 fully saturated rings. The Morgan fingerprint density at radius 3 is 2.26 bits per heavy atom. The van der Waals surface area contributed by atoms with Gasteiger partial charge in [0.15, 0.2) is 0 Å². The second-order valence-electron chi connectivity index (χ2n) is 5.39. The van der Waals surface area contributed by atoms with Crippen LogP contribution in [0.4, 0.5) is 5.69 Å². The summed E-state index contributed by atoms with van der Waals surface area (Å²) in [5, 5.41) is 2.71. The molecule has 6 heteroatoms. The van der Waals surface area contributed by atoms with Crippen molar-refractivity contribution < 1.29 is 13.2 Å². The maximum Gasteiger partial charge on any atom is 0.240 e. The summed E-state index contributed by atoms with van der Waals surface area (Å²) < 4.78 is 25.9. The number of hydrogen-bond acceptors (Lipinski definition) is 3. The van der Waals surface area contributed by atoms with Gasteiger partial charge in [-0.3, -0.25) is 4.79 Å². The number of sulfonamides is 1. The van der Waals surface area contributed by atoms with E-state index in [1.807, 2.05) is 0 Å². The van der Waals surface area contributed by atoms with E-state index >= 15 is 0 Å². The zero-order valence-corrected chi connectivity index (χ0v) is 12.7. The van der Waals surface area contributed by atoms with Gasteiger partial charge in [-0.1, -0.05) is 26.8 Å². The van der Waals surface area contributed by atoms with E-state index in [2.05, 4.69) is 10.0 Å². The Hall–Kier alpha value is -1.40. The van der Waals surface area contributed by atoms with Crippen LogP contribution in [0.5, 0.6) is 0 Å². The van der Waals surface area contributed by atoms with Crippen LogP contribution < -0.4 is 10.0 Å². The molecule has 19 heavy (non-hydrogen) atoms. The SMILES string of the molecule is CNS(=O)(=O)c1cc(NC(=O)C(C)(C)C)ccc1C. The molecule has 0 aliphatic rings. The van der Waals surface area contributed by atoms with Gasteiger partial charge in [-0.05, 0) is 31.7 Å². The van der Waals surface area contributed by atoms with Gasteiger partial charge in [-0.25, -0.2) is 13.1 Å². The summed E-state index contributed by atoms with van der Waals surface area (Å²) >= 11 is 0. The van der Waals surface area contributed by atoms with Crippen molar-refractivity contribution in [2.45, 2.75) is 32.6 Å². The molecule has 1 rings (SSSR count). The third kappa shape index (κ3) is 3.78. The number of benzene rings is 1. The Morgan fingerprint density at radius 1 is 1.21 bits per heavy atom. The smallest absolute Gasteiger partial charge is 0.240 e. The van der Waals surface area contributed by atoms with Gasteiger partial charge in [0.05, 0.1) is 4.90 Å². The second-order valence-corrected chi connectivity index (χ2v) is 7.25. The van der Waals surface area contributed by atoms with Crippen molar-refractivity contribution in [2.24, 2.45) is 5.41 Å². The first kappa shape index (κ1) is 15.7. The fourth-order valence-electron chi connectivity index (χ4n) is 1.40. The van der Waals surface area contributed by atoms with Crippen LogP contribution >= 0.6 is 0 Å². The van der Waals surface area contributed by atoms with E-state index in [1.165, 1.54) is 13.1 Å². The minimum Gasteiger partial charge on any atom is -0.326 e. The van der Waals surface area contributed by atoms with Crippen molar-refractivity contribution >= 4 is 21.6 Å². The Kier molecular flexibility index (Phi) is 4.37. The summed E-state index contributed by atoms with van der Waals surface area (Å²) in [6.07, 6.45) is 0. The summed E-state index contributed by atoms with van der Waals surface area (Å²) in [6, 6.07) is 4.82. The van der Waals surface area contributed by atoms with Crippen molar-refractivity contribution in [1.29, 1.82) is 0 Å². The lowest BCUT2D eigenvalue weighted by Crippen LogP contribution is -2.28. The number of rotatable bonds is 3. The molecule has 106 valence electrons. The van der Waals surface area contributed by atoms with Crippen LogP contribution in [0.2, 0.25) is 0 Å². The van der Waals surface area contributed by atoms with E-state index in [1.54, 1.807) is 39.8 Å². The van der Waals surface area contributed by atoms with E-state index < -0.39 is 15.4 Å². The molecule has 2 N–H and O–H groups in total. The van der Waals surface area contributed by atoms with Crippen LogP contribution in [-0.4, -0.2) is 21.4 Å². The molecule has 0 aliphatic carbocycles. The maximum atomic E-state index is 11.9. The number of carbonyl (C=O) groups excluding carboxylic acids is 1. The molecule has 0 aromatic heterocycles. The summed E-state index contributed by atoms with van der Waals surface area (Å²) in [6.45, 7) is 7.09. The fraction of sp³-hybridized carbons (Fsp3) is 0.462. The lowest BCUT2D eigenvalue weighted by atomic mass is 9.95. The van der Waals surface area contributed by atoms with Gasteiger partial charge in [-0.15, -0.1) is 0 Å². The molecule has 0 bridgehead atoms. The van der Waals surface area contributed by atoms with Gasteiger partial charge < -0.3 is 5.32 Å². The summed E-state index contributed by atoms with van der Waals surface area (Å²) in [4.78, 5) is 12.0. The third-order valence-corrected chi connectivity index (χ3v) is 4.24. The standard InChI is InChI=1S/C13H20N2O3S/c1-9-6-7-10(15-12(16)13(2,3)4)8-11(9)19(17,18)14-5/h6-8,14H,1-5H3,(H,15,16). The first-order chi connectivity index (χ1) is 8.58. The predicted octanol–water partition coefficient (Wildman–Crippen LogP) is 1.89. The van der Waals surface area contributed by atoms with Crippen molar-refractivity contribution in [3.05, 3.63) is 23.8 Å². The monoisotopic (exact) mass is 284 g/mol. The summed E-state index contributed by atoms with van der Waals surface area (Å²) in [5.41, 5.74) is 0.565. The predicted molar refractivity (Wildman–Crippen MR) is 75.5 cm³/mol. The van der Waals surface area contributed by atoms with Gasteiger partial charge in [0, 0.05) is 11.1 Å². The van der Waals surface area contributed by atoms with Gasteiger partial charge in [0.25, 0.3) is 0 Å². The Morgan fingerprint density at radius 2 is 1.79 bits per heavy atom. The van der Waals surface area contributed by atoms with Crippen LogP contribution in [0.1, 0.15) is 26.3 Å². The molecule has 5 nitrogen and oxygen atoms in total. The van der Waals surface area contributed by atoms with Gasteiger partial charge in [0.2, 0.25) is 15.9 Å². The van der Waals surface area contributed by atoms with Crippen LogP contribution in [0, 0.1) is 12.3 Å². The van der Waals surface area contributed by atoms with Crippen molar-refractivity contribution in [3.8, 4) is 0 Å². The van der Waals surface area contributed by atoms with Gasteiger partial charge in [0.1, 0.15) is 0 Å². The van der Waals surface area contributed by atoms with Crippen LogP contribution in [0.25, 0.3) is 0 Å². The lowest BCUT2D eigenvalue weighted by Gasteiger charge is -2.18. The average Bonchev–Trinajstić information content (AvgIpc) is 2.30. The molecule has 0 unspecified atom stereocenters. The maximum absolute atomic E-state index is 11.9. The highest BCUT2D eigenvalue weighted by Crippen LogP contribution is 2.22. The molecule has 1 amide bonds. The molecule has 0 aliphatic heterocycles. The van der Waals surface area contributed by atoms with E-state index in [4.69, 9.17) is 0 Å². The van der Waals surface area contributed by atoms with Crippen molar-refractivity contribution in [3.63, 3.8) is 0 Å². The third-order valence-electron chi connectivity index (χ3n) is 2.69. The average molecular weight is 284 g/mol. The molecule has 0 radical (unpaired) electrons. The Labute approximate surface area is 114 Å². The van der Waals surface area contributed by atoms with Gasteiger partial charge >= 0.3 is 0 Å². The molecule has 1 aromatic carbocycles. The van der Waals surface area contributed by atoms with E-state index in [0.717, 1.165) is 0 Å². The van der Waals surface area contributed by atoms with Gasteiger partial charge in [-0.2, -0.15) is 0 Å². The fourth-order valence-corrected chi connectivity index (χ4v) is 2.39. The minimum absolute atomic E-state index is 0.163. The highest BCUT2D eigenvalue weighted by Gasteiger charge is 2.22. The van der Waals surface area contributed by atoms with Crippen LogP contribution in [0.3, 0.4) is 0 Å². The largest absolute Gasteiger partial charge is 0.326 e. The van der Waals surface area contributed by atoms with E-state index in [-0.39, 0.29) is 10.8 Å². The highest BCUT2D eigenvalue weighted by atomic mass is 32.2. The highest BCUT2D eigenvalue weighted by molar-refractivity contribution is 7.89. The first-order valence-corrected chi connectivity index (χ1v) is 7.42. The zero-order chi connectivity index (χ0) is 14.8. The lowest BCUT2D eigenvalue weighted by molar-refractivity contribution is -0.123. The topological polar surface area (TPSA) is 75.3 Å². The summed E-state index contributed by atoms with van der Waals surface area (Å²) in [5.74, 6) is -0.163. The molecular formula is C13H20N2O3S. The number of aryl methyl sites for hydroxylation is 1. The first-order valence-electron chi connectivity index (χ1n) is 5.93. The number of carbonyl (C=O) groups is 1. The van der Waals surface area contributed by atoms with E-state index in [0.29, 0.717) is 11.3 Å². The van der Waals surface area contributed by atoms with Crippen LogP contribution in [0.15, 0.2) is 23.1 Å².